The lowest BCUT2D eigenvalue weighted by Gasteiger charge is -2.34. The maximum atomic E-state index is 14.5. The molecule has 23 nitrogen and oxygen atoms in total. The van der Waals surface area contributed by atoms with Crippen LogP contribution in [0.1, 0.15) is 64.0 Å². The first-order chi connectivity index (χ1) is 35.2. The number of hydrogen-bond acceptors (Lipinski definition) is 14. The lowest BCUT2D eigenvalue weighted by Crippen LogP contribution is -2.61. The summed E-state index contributed by atoms with van der Waals surface area (Å²) in [5.74, 6) is -7.73. The van der Waals surface area contributed by atoms with Gasteiger partial charge >= 0.3 is 0 Å². The van der Waals surface area contributed by atoms with Crippen LogP contribution in [0.5, 0.6) is 0 Å². The third kappa shape index (κ3) is 19.5. The van der Waals surface area contributed by atoms with E-state index in [1.807, 2.05) is 36.4 Å². The number of fused-ring (bicyclic) bond motifs is 1. The molecule has 0 saturated carbocycles. The number of unbranched alkanes of at least 4 members (excludes halogenated alkanes) is 1. The van der Waals surface area contributed by atoms with E-state index in [4.69, 9.17) is 22.9 Å². The van der Waals surface area contributed by atoms with E-state index in [-0.39, 0.29) is 56.9 Å². The molecular weight excluding hydrogens is 995 g/mol. The second kappa shape index (κ2) is 29.7. The lowest BCUT2D eigenvalue weighted by atomic mass is 9.99. The monoisotopic (exact) mass is 1060 g/mol. The molecule has 402 valence electrons. The first-order valence-corrected chi connectivity index (χ1v) is 26.4. The maximum Gasteiger partial charge on any atom is 0.245 e. The number of hydrogen-bond donors (Lipinski definition) is 13. The highest BCUT2D eigenvalue weighted by atomic mass is 33.1. The number of nitrogens with zero attached hydrogens (tertiary/aromatic N) is 1. The van der Waals surface area contributed by atoms with Crippen molar-refractivity contribution < 1.29 is 48.3 Å². The first kappa shape index (κ1) is 59.6. The maximum absolute atomic E-state index is 14.5. The zero-order valence-electron chi connectivity index (χ0n) is 41.6. The summed E-state index contributed by atoms with van der Waals surface area (Å²) in [4.78, 5) is 128. The fourth-order valence-corrected chi connectivity index (χ4v) is 10.6. The molecule has 0 aromatic heterocycles. The Bertz CT molecular complexity index is 2480. The Morgan fingerprint density at radius 2 is 1.38 bits per heavy atom. The average Bonchev–Trinajstić information content (AvgIpc) is 3.35. The van der Waals surface area contributed by atoms with Gasteiger partial charge in [0.1, 0.15) is 42.3 Å². The molecule has 4 rings (SSSR count). The SMILES string of the molecule is CC(=O)N[C@H]1C(=O)N[C@@H](Cc2ccc3ccccc3c2)C(=O)NCC(=O)N[C@@H](CO)C(=O)N[C@H](Cc2ccccc2)C(=O)N[C@@H](C(=O)N[C@@H](CCCCN)C(=O)N[C@@H](CCCN=C(N)N)C(N)=O)CSSC1(C)C. The molecule has 0 spiro atoms. The largest absolute Gasteiger partial charge is 0.394 e. The van der Waals surface area contributed by atoms with Crippen LogP contribution >= 0.6 is 21.6 Å². The molecule has 1 fully saturated rings. The Morgan fingerprint density at radius 3 is 2.04 bits per heavy atom. The summed E-state index contributed by atoms with van der Waals surface area (Å²) >= 11 is 0. The molecule has 3 aromatic rings. The minimum atomic E-state index is -1.63. The van der Waals surface area contributed by atoms with E-state index in [1.165, 1.54) is 6.92 Å². The Morgan fingerprint density at radius 1 is 0.743 bits per heavy atom. The third-order valence-electron chi connectivity index (χ3n) is 11.7. The molecule has 0 unspecified atom stereocenters. The van der Waals surface area contributed by atoms with Crippen molar-refractivity contribution in [3.8, 4) is 0 Å². The molecule has 1 heterocycles. The van der Waals surface area contributed by atoms with Crippen molar-refractivity contribution in [2.45, 2.75) is 113 Å². The number of amides is 9. The number of aliphatic hydroxyl groups is 1. The summed E-state index contributed by atoms with van der Waals surface area (Å²) in [7, 11) is 2.11. The summed E-state index contributed by atoms with van der Waals surface area (Å²) in [6, 6.07) is 12.0. The highest BCUT2D eigenvalue weighted by Gasteiger charge is 2.40. The van der Waals surface area contributed by atoms with Gasteiger partial charge in [0.05, 0.1) is 13.2 Å². The third-order valence-corrected chi connectivity index (χ3v) is 15.0. The number of carbonyl (C=O) groups excluding carboxylic acids is 9. The second-order valence-electron chi connectivity index (χ2n) is 18.1. The fourth-order valence-electron chi connectivity index (χ4n) is 7.74. The van der Waals surface area contributed by atoms with Crippen molar-refractivity contribution in [2.75, 3.05) is 32.0 Å². The van der Waals surface area contributed by atoms with Crippen LogP contribution in [0.4, 0.5) is 0 Å². The molecule has 74 heavy (non-hydrogen) atoms. The Labute approximate surface area is 437 Å². The zero-order chi connectivity index (χ0) is 54.4. The van der Waals surface area contributed by atoms with Crippen LogP contribution in [0.15, 0.2) is 77.8 Å². The molecule has 0 aliphatic carbocycles. The van der Waals surface area contributed by atoms with Crippen LogP contribution in [-0.2, 0) is 56.0 Å². The van der Waals surface area contributed by atoms with Crippen LogP contribution < -0.4 is 65.5 Å². The van der Waals surface area contributed by atoms with E-state index in [9.17, 15) is 48.3 Å². The van der Waals surface area contributed by atoms with Gasteiger partial charge in [0.25, 0.3) is 0 Å². The molecule has 7 atom stereocenters. The molecule has 25 heteroatoms. The van der Waals surface area contributed by atoms with E-state index >= 15 is 0 Å². The van der Waals surface area contributed by atoms with Crippen molar-refractivity contribution in [1.82, 2.24) is 42.5 Å². The van der Waals surface area contributed by atoms with Gasteiger partial charge < -0.3 is 70.6 Å². The molecule has 0 bridgehead atoms. The number of carbonyl (C=O) groups is 9. The van der Waals surface area contributed by atoms with E-state index in [0.29, 0.717) is 24.0 Å². The number of aliphatic imine (C=N–C) groups is 1. The molecule has 17 N–H and O–H groups in total. The molecule has 1 aliphatic rings. The van der Waals surface area contributed by atoms with E-state index in [0.717, 1.165) is 32.4 Å². The molecular formula is C49H69N13O10S2. The van der Waals surface area contributed by atoms with Crippen LogP contribution in [0.3, 0.4) is 0 Å². The summed E-state index contributed by atoms with van der Waals surface area (Å²) in [5, 5.41) is 33.0. The van der Waals surface area contributed by atoms with Crippen molar-refractivity contribution in [1.29, 1.82) is 0 Å². The van der Waals surface area contributed by atoms with Crippen molar-refractivity contribution in [3.63, 3.8) is 0 Å². The number of nitrogens with one attached hydrogen (secondary N) is 8. The van der Waals surface area contributed by atoms with Gasteiger partial charge in [-0.3, -0.25) is 48.1 Å². The quantitative estimate of drug-likeness (QED) is 0.0267. The predicted molar refractivity (Wildman–Crippen MR) is 283 cm³/mol. The number of benzene rings is 3. The van der Waals surface area contributed by atoms with Gasteiger partial charge in [-0.05, 0) is 74.4 Å². The van der Waals surface area contributed by atoms with Gasteiger partial charge in [-0.15, -0.1) is 0 Å². The highest BCUT2D eigenvalue weighted by molar-refractivity contribution is 8.77. The molecule has 3 aromatic carbocycles. The van der Waals surface area contributed by atoms with E-state index < -0.39 is 113 Å². The number of guanidine groups is 1. The van der Waals surface area contributed by atoms with Crippen molar-refractivity contribution >= 4 is 91.5 Å². The lowest BCUT2D eigenvalue weighted by molar-refractivity contribution is -0.135. The molecule has 0 radical (unpaired) electrons. The topological polar surface area (TPSA) is 387 Å². The number of rotatable bonds is 19. The molecule has 9 amide bonds. The number of aliphatic hydroxyl groups excluding tert-OH is 1. The second-order valence-corrected chi connectivity index (χ2v) is 21.1. The van der Waals surface area contributed by atoms with Gasteiger partial charge in [-0.2, -0.15) is 0 Å². The van der Waals surface area contributed by atoms with Crippen molar-refractivity contribution in [2.24, 2.45) is 27.9 Å². The van der Waals surface area contributed by atoms with E-state index in [2.05, 4.69) is 47.5 Å². The van der Waals surface area contributed by atoms with Crippen LogP contribution in [0, 0.1) is 0 Å². The molecule has 1 saturated heterocycles. The van der Waals surface area contributed by atoms with Crippen molar-refractivity contribution in [3.05, 3.63) is 83.9 Å². The Hall–Kier alpha value is -6.96. The van der Waals surface area contributed by atoms with Gasteiger partial charge in [0.15, 0.2) is 5.96 Å². The minimum Gasteiger partial charge on any atom is -0.394 e. The van der Waals surface area contributed by atoms with Crippen LogP contribution in [0.2, 0.25) is 0 Å². The summed E-state index contributed by atoms with van der Waals surface area (Å²) in [6.07, 6.45) is 1.04. The van der Waals surface area contributed by atoms with Gasteiger partial charge in [-0.1, -0.05) is 94.4 Å². The predicted octanol–water partition coefficient (Wildman–Crippen LogP) is -2.01. The number of primary amides is 1. The van der Waals surface area contributed by atoms with Crippen LogP contribution in [0.25, 0.3) is 10.8 Å². The smallest absolute Gasteiger partial charge is 0.245 e. The van der Waals surface area contributed by atoms with Crippen LogP contribution in [-0.4, -0.2) is 143 Å². The Balaban J connectivity index is 1.74. The standard InChI is InChI=1S/C49H69N13O10S2/c1-28(64)56-40-47(72)61-35(24-30-18-19-31-14-7-8-15-32(31)22-30)42(67)55-25-39(65)57-37(26-63)45(70)60-36(23-29-12-5-4-6-13-29)44(69)62-38(27-73-74-49(40,2)3)46(71)59-34(16-9-10-20-50)43(68)58-33(41(51)66)17-11-21-54-48(52)53/h4-8,12-15,18-19,22,33-38,40,63H,9-11,16-17,20-21,23-27,50H2,1-3H3,(H2,51,66)(H,55,67)(H,56,64)(H,57,65)(H,58,68)(H,59,71)(H,60,70)(H,61,72)(H,62,69)(H4,52,53,54)/t33-,34-,35-,36+,37-,38+,40-/m0/s1. The average molecular weight is 1060 g/mol. The van der Waals surface area contributed by atoms with Gasteiger partial charge in [0, 0.05) is 36.8 Å². The fraction of sp³-hybridized carbons (Fsp3) is 0.469. The zero-order valence-corrected chi connectivity index (χ0v) is 43.3. The summed E-state index contributed by atoms with van der Waals surface area (Å²) < 4.78 is -1.21. The first-order valence-electron chi connectivity index (χ1n) is 24.0. The minimum absolute atomic E-state index is 0.0477. The highest BCUT2D eigenvalue weighted by Crippen LogP contribution is 2.39. The van der Waals surface area contributed by atoms with E-state index in [1.54, 1.807) is 50.2 Å². The van der Waals surface area contributed by atoms with Gasteiger partial charge in [-0.25, -0.2) is 0 Å². The summed E-state index contributed by atoms with van der Waals surface area (Å²) in [5.41, 5.74) is 23.5. The molecule has 1 aliphatic heterocycles. The number of nitrogens with two attached hydrogens (primary N) is 4. The van der Waals surface area contributed by atoms with Gasteiger partial charge in [0.2, 0.25) is 53.2 Å². The summed E-state index contributed by atoms with van der Waals surface area (Å²) in [6.45, 7) is 3.32. The normalized spacial score (nSPS) is 20.9. The Kier molecular flexibility index (Phi) is 23.9.